The Morgan fingerprint density at radius 2 is 1.89 bits per heavy atom. The van der Waals surface area contributed by atoms with Crippen LogP contribution >= 0.6 is 0 Å². The summed E-state index contributed by atoms with van der Waals surface area (Å²) in [6, 6.07) is 17.6. The summed E-state index contributed by atoms with van der Waals surface area (Å²) >= 11 is 0. The molecular formula is C21H22N4O2. The Morgan fingerprint density at radius 1 is 1.11 bits per heavy atom. The maximum absolute atomic E-state index is 12.5. The highest BCUT2D eigenvalue weighted by atomic mass is 16.5. The number of anilines is 1. The summed E-state index contributed by atoms with van der Waals surface area (Å²) in [5.74, 6) is 1.47. The van der Waals surface area contributed by atoms with Crippen molar-refractivity contribution in [1.82, 2.24) is 15.0 Å². The van der Waals surface area contributed by atoms with Crippen molar-refractivity contribution in [3.05, 3.63) is 66.1 Å². The highest BCUT2D eigenvalue weighted by Crippen LogP contribution is 2.28. The van der Waals surface area contributed by atoms with Crippen LogP contribution in [-0.4, -0.2) is 34.2 Å². The molecule has 6 heteroatoms. The van der Waals surface area contributed by atoms with Gasteiger partial charge in [-0.25, -0.2) is 4.79 Å². The minimum Gasteiger partial charge on any atom is -0.339 e. The zero-order valence-corrected chi connectivity index (χ0v) is 15.3. The molecule has 1 N–H and O–H groups in total. The van der Waals surface area contributed by atoms with Crippen molar-refractivity contribution in [2.75, 3.05) is 18.4 Å². The van der Waals surface area contributed by atoms with Gasteiger partial charge >= 0.3 is 6.03 Å². The van der Waals surface area contributed by atoms with Crippen LogP contribution in [0, 0.1) is 6.92 Å². The third-order valence-electron chi connectivity index (χ3n) is 4.87. The summed E-state index contributed by atoms with van der Waals surface area (Å²) in [5.41, 5.74) is 2.89. The minimum absolute atomic E-state index is 0.0606. The molecule has 138 valence electrons. The normalized spacial score (nSPS) is 14.9. The van der Waals surface area contributed by atoms with Crippen LogP contribution in [0.3, 0.4) is 0 Å². The molecule has 1 aliphatic rings. The summed E-state index contributed by atoms with van der Waals surface area (Å²) in [6.07, 6.45) is 1.63. The number of likely N-dealkylation sites (tertiary alicyclic amines) is 1. The Morgan fingerprint density at radius 3 is 2.63 bits per heavy atom. The Labute approximate surface area is 158 Å². The first kappa shape index (κ1) is 17.3. The van der Waals surface area contributed by atoms with Crippen LogP contribution in [0.5, 0.6) is 0 Å². The maximum Gasteiger partial charge on any atom is 0.321 e. The highest BCUT2D eigenvalue weighted by molar-refractivity contribution is 5.89. The molecular weight excluding hydrogens is 340 g/mol. The number of amides is 2. The lowest BCUT2D eigenvalue weighted by Gasteiger charge is -2.30. The monoisotopic (exact) mass is 362 g/mol. The lowest BCUT2D eigenvalue weighted by atomic mass is 9.97. The third-order valence-corrected chi connectivity index (χ3v) is 4.87. The number of hydrogen-bond donors (Lipinski definition) is 1. The highest BCUT2D eigenvalue weighted by Gasteiger charge is 2.27. The second-order valence-corrected chi connectivity index (χ2v) is 6.88. The van der Waals surface area contributed by atoms with Gasteiger partial charge in [0.15, 0.2) is 0 Å². The average Bonchev–Trinajstić information content (AvgIpc) is 3.19. The standard InChI is InChI=1S/C21H22N4O2/c1-15-6-5-9-18(14-15)22-21(26)25-12-10-17(11-13-25)20-23-19(24-27-20)16-7-3-2-4-8-16/h2-9,14,17H,10-13H2,1H3,(H,22,26). The van der Waals surface area contributed by atoms with Crippen molar-refractivity contribution in [2.24, 2.45) is 0 Å². The first-order valence-corrected chi connectivity index (χ1v) is 9.20. The van der Waals surface area contributed by atoms with Crippen molar-refractivity contribution in [2.45, 2.75) is 25.7 Å². The molecule has 0 aliphatic carbocycles. The van der Waals surface area contributed by atoms with Gasteiger partial charge in [-0.05, 0) is 37.5 Å². The number of carbonyl (C=O) groups is 1. The van der Waals surface area contributed by atoms with Crippen molar-refractivity contribution in [3.63, 3.8) is 0 Å². The van der Waals surface area contributed by atoms with E-state index in [2.05, 4.69) is 15.5 Å². The molecule has 2 amide bonds. The van der Waals surface area contributed by atoms with Gasteiger partial charge in [-0.1, -0.05) is 47.6 Å². The number of urea groups is 1. The number of aromatic nitrogens is 2. The van der Waals surface area contributed by atoms with Crippen LogP contribution in [-0.2, 0) is 0 Å². The van der Waals surface area contributed by atoms with Gasteiger partial charge in [0.2, 0.25) is 11.7 Å². The van der Waals surface area contributed by atoms with Crippen molar-refractivity contribution in [3.8, 4) is 11.4 Å². The predicted molar refractivity (Wildman–Crippen MR) is 103 cm³/mol. The first-order chi connectivity index (χ1) is 13.2. The summed E-state index contributed by atoms with van der Waals surface area (Å²) in [7, 11) is 0. The quantitative estimate of drug-likeness (QED) is 0.747. The van der Waals surface area contributed by atoms with E-state index in [-0.39, 0.29) is 11.9 Å². The molecule has 1 aromatic heterocycles. The molecule has 0 unspecified atom stereocenters. The second-order valence-electron chi connectivity index (χ2n) is 6.88. The van der Waals surface area contributed by atoms with E-state index in [0.717, 1.165) is 29.7 Å². The SMILES string of the molecule is Cc1cccc(NC(=O)N2CCC(c3nc(-c4ccccc4)no3)CC2)c1. The van der Waals surface area contributed by atoms with E-state index in [1.807, 2.05) is 66.4 Å². The number of aryl methyl sites for hydroxylation is 1. The number of nitrogens with zero attached hydrogens (tertiary/aromatic N) is 3. The zero-order chi connectivity index (χ0) is 18.6. The Hall–Kier alpha value is -3.15. The molecule has 1 saturated heterocycles. The summed E-state index contributed by atoms with van der Waals surface area (Å²) < 4.78 is 5.48. The first-order valence-electron chi connectivity index (χ1n) is 9.20. The molecule has 2 aromatic carbocycles. The molecule has 0 radical (unpaired) electrons. The van der Waals surface area contributed by atoms with Gasteiger partial charge < -0.3 is 14.7 Å². The van der Waals surface area contributed by atoms with Crippen molar-refractivity contribution < 1.29 is 9.32 Å². The third kappa shape index (κ3) is 4.00. The molecule has 0 bridgehead atoms. The fraction of sp³-hybridized carbons (Fsp3) is 0.286. The predicted octanol–water partition coefficient (Wildman–Crippen LogP) is 4.46. The molecule has 4 rings (SSSR count). The second kappa shape index (κ2) is 7.61. The van der Waals surface area contributed by atoms with Gasteiger partial charge in [-0.2, -0.15) is 4.98 Å². The van der Waals surface area contributed by atoms with Gasteiger partial charge in [0.25, 0.3) is 0 Å². The largest absolute Gasteiger partial charge is 0.339 e. The Balaban J connectivity index is 1.35. The molecule has 1 fully saturated rings. The Bertz CT molecular complexity index is 915. The number of carbonyl (C=O) groups excluding carboxylic acids is 1. The molecule has 0 saturated carbocycles. The molecule has 1 aliphatic heterocycles. The minimum atomic E-state index is -0.0606. The van der Waals surface area contributed by atoms with Crippen LogP contribution in [0.4, 0.5) is 10.5 Å². The van der Waals surface area contributed by atoms with Crippen LogP contribution in [0.15, 0.2) is 59.1 Å². The van der Waals surface area contributed by atoms with Gasteiger partial charge in [-0.3, -0.25) is 0 Å². The van der Waals surface area contributed by atoms with E-state index >= 15 is 0 Å². The zero-order valence-electron chi connectivity index (χ0n) is 15.3. The molecule has 0 spiro atoms. The number of nitrogens with one attached hydrogen (secondary N) is 1. The fourth-order valence-electron chi connectivity index (χ4n) is 3.36. The van der Waals surface area contributed by atoms with E-state index in [9.17, 15) is 4.79 Å². The summed E-state index contributed by atoms with van der Waals surface area (Å²) in [5, 5.41) is 7.07. The lowest BCUT2D eigenvalue weighted by Crippen LogP contribution is -2.40. The average molecular weight is 362 g/mol. The van der Waals surface area contributed by atoms with Gasteiger partial charge in [-0.15, -0.1) is 0 Å². The summed E-state index contributed by atoms with van der Waals surface area (Å²) in [4.78, 5) is 18.9. The number of rotatable bonds is 3. The number of hydrogen-bond acceptors (Lipinski definition) is 4. The molecule has 2 heterocycles. The van der Waals surface area contributed by atoms with E-state index in [1.54, 1.807) is 0 Å². The molecule has 27 heavy (non-hydrogen) atoms. The van der Waals surface area contributed by atoms with Crippen LogP contribution in [0.25, 0.3) is 11.4 Å². The molecule has 0 atom stereocenters. The maximum atomic E-state index is 12.5. The summed E-state index contributed by atoms with van der Waals surface area (Å²) in [6.45, 7) is 3.35. The molecule has 6 nitrogen and oxygen atoms in total. The number of benzene rings is 2. The van der Waals surface area contributed by atoms with Crippen LogP contribution < -0.4 is 5.32 Å². The molecule has 3 aromatic rings. The van der Waals surface area contributed by atoms with E-state index in [1.165, 1.54) is 0 Å². The van der Waals surface area contributed by atoms with E-state index in [4.69, 9.17) is 4.52 Å². The van der Waals surface area contributed by atoms with Crippen LogP contribution in [0.1, 0.15) is 30.2 Å². The van der Waals surface area contributed by atoms with E-state index < -0.39 is 0 Å². The van der Waals surface area contributed by atoms with Crippen LogP contribution in [0.2, 0.25) is 0 Å². The Kier molecular flexibility index (Phi) is 4.87. The van der Waals surface area contributed by atoms with Gasteiger partial charge in [0, 0.05) is 30.3 Å². The topological polar surface area (TPSA) is 71.3 Å². The smallest absolute Gasteiger partial charge is 0.321 e. The van der Waals surface area contributed by atoms with Gasteiger partial charge in [0.05, 0.1) is 0 Å². The van der Waals surface area contributed by atoms with E-state index in [0.29, 0.717) is 24.8 Å². The van der Waals surface area contributed by atoms with Crippen molar-refractivity contribution in [1.29, 1.82) is 0 Å². The number of piperidine rings is 1. The van der Waals surface area contributed by atoms with Crippen molar-refractivity contribution >= 4 is 11.7 Å². The fourth-order valence-corrected chi connectivity index (χ4v) is 3.36. The lowest BCUT2D eigenvalue weighted by molar-refractivity contribution is 0.187. The van der Waals surface area contributed by atoms with Gasteiger partial charge in [0.1, 0.15) is 0 Å².